The van der Waals surface area contributed by atoms with Crippen LogP contribution in [-0.2, 0) is 7.05 Å². The van der Waals surface area contributed by atoms with Crippen molar-refractivity contribution < 1.29 is 4.79 Å². The molecule has 1 fully saturated rings. The second-order valence-corrected chi connectivity index (χ2v) is 5.73. The Morgan fingerprint density at radius 2 is 2.22 bits per heavy atom. The van der Waals surface area contributed by atoms with Crippen LogP contribution in [0.1, 0.15) is 34.7 Å². The molecule has 1 aliphatic carbocycles. The van der Waals surface area contributed by atoms with E-state index >= 15 is 0 Å². The molecule has 0 unspecified atom stereocenters. The molecular weight excluding hydrogens is 292 g/mol. The predicted octanol–water partition coefficient (Wildman–Crippen LogP) is 2.33. The second kappa shape index (κ2) is 5.35. The quantitative estimate of drug-likeness (QED) is 0.774. The van der Waals surface area contributed by atoms with E-state index in [0.717, 1.165) is 24.2 Å². The molecule has 0 aromatic carbocycles. The zero-order valence-electron chi connectivity index (χ0n) is 12.7. The lowest BCUT2D eigenvalue weighted by molar-refractivity contribution is 0.102. The molecule has 116 valence electrons. The number of H-pyrrole nitrogens is 1. The van der Waals surface area contributed by atoms with Crippen LogP contribution >= 0.6 is 0 Å². The van der Waals surface area contributed by atoms with E-state index in [9.17, 15) is 4.79 Å². The van der Waals surface area contributed by atoms with E-state index in [-0.39, 0.29) is 5.91 Å². The molecule has 0 atom stereocenters. The molecule has 7 nitrogen and oxygen atoms in total. The molecule has 0 spiro atoms. The second-order valence-electron chi connectivity index (χ2n) is 5.73. The third-order valence-electron chi connectivity index (χ3n) is 3.92. The molecule has 3 aromatic heterocycles. The van der Waals surface area contributed by atoms with Gasteiger partial charge in [-0.3, -0.25) is 9.48 Å². The summed E-state index contributed by atoms with van der Waals surface area (Å²) in [5.74, 6) is 1.67. The van der Waals surface area contributed by atoms with Gasteiger partial charge < -0.3 is 10.3 Å². The van der Waals surface area contributed by atoms with E-state index in [4.69, 9.17) is 0 Å². The van der Waals surface area contributed by atoms with E-state index < -0.39 is 0 Å². The van der Waals surface area contributed by atoms with Crippen LogP contribution in [-0.4, -0.2) is 30.6 Å². The fourth-order valence-corrected chi connectivity index (χ4v) is 2.61. The molecule has 3 aromatic rings. The highest BCUT2D eigenvalue weighted by molar-refractivity contribution is 6.03. The number of aromatic nitrogens is 5. The van der Waals surface area contributed by atoms with Gasteiger partial charge in [-0.2, -0.15) is 5.10 Å². The number of rotatable bonds is 4. The van der Waals surface area contributed by atoms with Crippen LogP contribution in [0.4, 0.5) is 5.82 Å². The number of anilines is 1. The van der Waals surface area contributed by atoms with Crippen molar-refractivity contribution in [1.82, 2.24) is 24.7 Å². The Morgan fingerprint density at radius 1 is 1.35 bits per heavy atom. The summed E-state index contributed by atoms with van der Waals surface area (Å²) in [7, 11) is 1.78. The number of aryl methyl sites for hydroxylation is 1. The van der Waals surface area contributed by atoms with Crippen molar-refractivity contribution in [2.24, 2.45) is 7.05 Å². The van der Waals surface area contributed by atoms with Gasteiger partial charge in [-0.15, -0.1) is 0 Å². The number of nitrogens with one attached hydrogen (secondary N) is 2. The van der Waals surface area contributed by atoms with Gasteiger partial charge in [0.1, 0.15) is 11.6 Å². The number of hydrogen-bond donors (Lipinski definition) is 2. The summed E-state index contributed by atoms with van der Waals surface area (Å²) in [6.07, 6.45) is 10.8. The van der Waals surface area contributed by atoms with Gasteiger partial charge in [0.05, 0.1) is 11.8 Å². The summed E-state index contributed by atoms with van der Waals surface area (Å²) >= 11 is 0. The highest BCUT2D eigenvalue weighted by atomic mass is 16.1. The molecule has 1 saturated carbocycles. The molecule has 4 rings (SSSR count). The van der Waals surface area contributed by atoms with E-state index in [1.54, 1.807) is 36.5 Å². The third kappa shape index (κ3) is 2.73. The summed E-state index contributed by atoms with van der Waals surface area (Å²) in [6.45, 7) is 0. The molecule has 0 bridgehead atoms. The minimum absolute atomic E-state index is 0.210. The number of carbonyl (C=O) groups is 1. The Bertz CT molecular complexity index is 847. The standard InChI is InChI=1S/C16H16N6O/c1-22-9-11(7-20-22)16(23)21-14-6-12(10-2-3-10)13(8-19-14)15-17-4-5-18-15/h4-10H,2-3H2,1H3,(H,17,18)(H,19,21,23). The van der Waals surface area contributed by atoms with Crippen molar-refractivity contribution in [2.75, 3.05) is 5.32 Å². The molecule has 23 heavy (non-hydrogen) atoms. The van der Waals surface area contributed by atoms with Gasteiger partial charge in [-0.1, -0.05) is 0 Å². The number of aromatic amines is 1. The van der Waals surface area contributed by atoms with Crippen LogP contribution in [0.15, 0.2) is 37.1 Å². The first kappa shape index (κ1) is 13.7. The predicted molar refractivity (Wildman–Crippen MR) is 85.0 cm³/mol. The number of hydrogen-bond acceptors (Lipinski definition) is 4. The molecule has 1 aliphatic rings. The van der Waals surface area contributed by atoms with Crippen LogP contribution in [0.3, 0.4) is 0 Å². The van der Waals surface area contributed by atoms with Crippen molar-refractivity contribution in [2.45, 2.75) is 18.8 Å². The van der Waals surface area contributed by atoms with Crippen molar-refractivity contribution in [1.29, 1.82) is 0 Å². The maximum absolute atomic E-state index is 12.2. The average molecular weight is 308 g/mol. The number of carbonyl (C=O) groups excluding carboxylic acids is 1. The zero-order valence-corrected chi connectivity index (χ0v) is 12.7. The van der Waals surface area contributed by atoms with Crippen LogP contribution in [0.2, 0.25) is 0 Å². The largest absolute Gasteiger partial charge is 0.345 e. The maximum Gasteiger partial charge on any atom is 0.260 e. The third-order valence-corrected chi connectivity index (χ3v) is 3.92. The van der Waals surface area contributed by atoms with Crippen molar-refractivity contribution in [3.63, 3.8) is 0 Å². The lowest BCUT2D eigenvalue weighted by Gasteiger charge is -2.09. The molecular formula is C16H16N6O. The minimum atomic E-state index is -0.210. The molecule has 2 N–H and O–H groups in total. The van der Waals surface area contributed by atoms with Crippen molar-refractivity contribution >= 4 is 11.7 Å². The van der Waals surface area contributed by atoms with Crippen molar-refractivity contribution in [3.8, 4) is 11.4 Å². The smallest absolute Gasteiger partial charge is 0.260 e. The summed E-state index contributed by atoms with van der Waals surface area (Å²) < 4.78 is 1.60. The first-order chi connectivity index (χ1) is 11.2. The first-order valence-corrected chi connectivity index (χ1v) is 7.50. The lowest BCUT2D eigenvalue weighted by Crippen LogP contribution is -2.12. The Hall–Kier alpha value is -2.96. The molecule has 3 heterocycles. The van der Waals surface area contributed by atoms with Gasteiger partial charge in [0.25, 0.3) is 5.91 Å². The van der Waals surface area contributed by atoms with E-state index in [1.807, 2.05) is 6.07 Å². The van der Waals surface area contributed by atoms with Crippen molar-refractivity contribution in [3.05, 3.63) is 48.2 Å². The zero-order chi connectivity index (χ0) is 15.8. The Labute approximate surface area is 132 Å². The van der Waals surface area contributed by atoms with Crippen LogP contribution in [0.5, 0.6) is 0 Å². The number of imidazole rings is 1. The summed E-state index contributed by atoms with van der Waals surface area (Å²) in [5.41, 5.74) is 2.69. The fraction of sp³-hybridized carbons (Fsp3) is 0.250. The number of amides is 1. The van der Waals surface area contributed by atoms with E-state index in [1.165, 1.54) is 11.8 Å². The highest BCUT2D eigenvalue weighted by Crippen LogP contribution is 2.44. The minimum Gasteiger partial charge on any atom is -0.345 e. The summed E-state index contributed by atoms with van der Waals surface area (Å²) in [6, 6.07) is 1.95. The Kier molecular flexibility index (Phi) is 3.18. The summed E-state index contributed by atoms with van der Waals surface area (Å²) in [5, 5.41) is 6.84. The SMILES string of the molecule is Cn1cc(C(=O)Nc2cc(C3CC3)c(-c3ncc[nH]3)cn2)cn1. The number of nitrogens with zero attached hydrogens (tertiary/aromatic N) is 4. The van der Waals surface area contributed by atoms with Crippen LogP contribution < -0.4 is 5.32 Å². The lowest BCUT2D eigenvalue weighted by atomic mass is 10.1. The maximum atomic E-state index is 12.2. The first-order valence-electron chi connectivity index (χ1n) is 7.50. The Morgan fingerprint density at radius 3 is 2.87 bits per heavy atom. The van der Waals surface area contributed by atoms with Gasteiger partial charge in [-0.05, 0) is 30.4 Å². The van der Waals surface area contributed by atoms with E-state index in [0.29, 0.717) is 17.3 Å². The van der Waals surface area contributed by atoms with Crippen LogP contribution in [0.25, 0.3) is 11.4 Å². The molecule has 7 heteroatoms. The van der Waals surface area contributed by atoms with E-state index in [2.05, 4.69) is 25.4 Å². The van der Waals surface area contributed by atoms with Gasteiger partial charge >= 0.3 is 0 Å². The number of pyridine rings is 1. The molecule has 0 aliphatic heterocycles. The summed E-state index contributed by atoms with van der Waals surface area (Å²) in [4.78, 5) is 24.0. The molecule has 1 amide bonds. The highest BCUT2D eigenvalue weighted by Gasteiger charge is 2.28. The molecule has 0 saturated heterocycles. The monoisotopic (exact) mass is 308 g/mol. The average Bonchev–Trinajstić information content (AvgIpc) is 3.06. The van der Waals surface area contributed by atoms with Gasteiger partial charge in [0.2, 0.25) is 0 Å². The van der Waals surface area contributed by atoms with Gasteiger partial charge in [0, 0.05) is 37.4 Å². The van der Waals surface area contributed by atoms with Gasteiger partial charge in [0.15, 0.2) is 0 Å². The fourth-order valence-electron chi connectivity index (χ4n) is 2.61. The van der Waals surface area contributed by atoms with Crippen LogP contribution in [0, 0.1) is 0 Å². The Balaban J connectivity index is 1.62. The molecule has 0 radical (unpaired) electrons. The topological polar surface area (TPSA) is 88.5 Å². The normalized spacial score (nSPS) is 14.0. The van der Waals surface area contributed by atoms with Gasteiger partial charge in [-0.25, -0.2) is 9.97 Å².